The Bertz CT molecular complexity index is 1170. The van der Waals surface area contributed by atoms with Crippen molar-refractivity contribution in [2.24, 2.45) is 0 Å². The van der Waals surface area contributed by atoms with Crippen LogP contribution in [0.1, 0.15) is 16.7 Å². The van der Waals surface area contributed by atoms with E-state index >= 15 is 0 Å². The first kappa shape index (κ1) is 16.6. The first-order valence-corrected chi connectivity index (χ1v) is 9.63. The molecular weight excluding hydrogens is 338 g/mol. The molecule has 0 bridgehead atoms. The van der Waals surface area contributed by atoms with Crippen molar-refractivity contribution in [1.29, 1.82) is 0 Å². The van der Waals surface area contributed by atoms with E-state index in [0.717, 1.165) is 0 Å². The maximum atomic E-state index is 2.40. The average Bonchev–Trinajstić information content (AvgIpc) is 2.91. The highest BCUT2D eigenvalue weighted by molar-refractivity contribution is 5.96. The van der Waals surface area contributed by atoms with Crippen molar-refractivity contribution < 1.29 is 0 Å². The first-order chi connectivity index (χ1) is 13.8. The SMILES string of the molecule is Cc1ccc2c(c1)C=Cc1ccccc1N2c1ccccc1-c1ccccc1. The third-order valence-electron chi connectivity index (χ3n) is 5.27. The minimum atomic E-state index is 1.19. The molecule has 4 aromatic carbocycles. The van der Waals surface area contributed by atoms with Crippen molar-refractivity contribution in [2.75, 3.05) is 4.90 Å². The van der Waals surface area contributed by atoms with Gasteiger partial charge in [0.15, 0.2) is 0 Å². The molecule has 0 spiro atoms. The maximum absolute atomic E-state index is 2.40. The summed E-state index contributed by atoms with van der Waals surface area (Å²) < 4.78 is 0. The largest absolute Gasteiger partial charge is 0.309 e. The third-order valence-corrected chi connectivity index (χ3v) is 5.27. The van der Waals surface area contributed by atoms with Gasteiger partial charge >= 0.3 is 0 Å². The molecule has 0 saturated heterocycles. The van der Waals surface area contributed by atoms with E-state index in [1.807, 2.05) is 0 Å². The summed E-state index contributed by atoms with van der Waals surface area (Å²) in [5.41, 5.74) is 9.77. The quantitative estimate of drug-likeness (QED) is 0.313. The standard InChI is InChI=1S/C27H21N/c1-20-15-18-26-23(19-20)17-16-22-11-5-7-13-25(22)28(26)27-14-8-6-12-24(27)21-9-3-2-4-10-21/h2-19H,1H3. The van der Waals surface area contributed by atoms with Gasteiger partial charge in [-0.3, -0.25) is 0 Å². The number of fused-ring (bicyclic) bond motifs is 2. The van der Waals surface area contributed by atoms with Gasteiger partial charge in [-0.25, -0.2) is 0 Å². The summed E-state index contributed by atoms with van der Waals surface area (Å²) in [6.07, 6.45) is 4.45. The minimum absolute atomic E-state index is 1.19. The van der Waals surface area contributed by atoms with Gasteiger partial charge in [-0.05, 0) is 47.9 Å². The van der Waals surface area contributed by atoms with Crippen LogP contribution in [0.3, 0.4) is 0 Å². The van der Waals surface area contributed by atoms with Crippen molar-refractivity contribution in [2.45, 2.75) is 6.92 Å². The van der Waals surface area contributed by atoms with Gasteiger partial charge in [0.25, 0.3) is 0 Å². The van der Waals surface area contributed by atoms with Crippen LogP contribution >= 0.6 is 0 Å². The van der Waals surface area contributed by atoms with E-state index in [1.165, 1.54) is 44.9 Å². The second kappa shape index (κ2) is 6.86. The lowest BCUT2D eigenvalue weighted by Gasteiger charge is -2.29. The number of aryl methyl sites for hydroxylation is 1. The Labute approximate surface area is 166 Å². The molecule has 5 rings (SSSR count). The molecule has 0 saturated carbocycles. The van der Waals surface area contributed by atoms with Crippen LogP contribution in [0.5, 0.6) is 0 Å². The lowest BCUT2D eigenvalue weighted by molar-refractivity contribution is 1.27. The molecule has 1 heterocycles. The zero-order chi connectivity index (χ0) is 18.9. The monoisotopic (exact) mass is 359 g/mol. The maximum Gasteiger partial charge on any atom is 0.0540 e. The Morgan fingerprint density at radius 1 is 0.536 bits per heavy atom. The van der Waals surface area contributed by atoms with Crippen LogP contribution in [0.4, 0.5) is 17.1 Å². The normalized spacial score (nSPS) is 12.2. The van der Waals surface area contributed by atoms with Gasteiger partial charge in [0.2, 0.25) is 0 Å². The van der Waals surface area contributed by atoms with E-state index in [9.17, 15) is 0 Å². The van der Waals surface area contributed by atoms with E-state index < -0.39 is 0 Å². The summed E-state index contributed by atoms with van der Waals surface area (Å²) in [5.74, 6) is 0. The highest BCUT2D eigenvalue weighted by Gasteiger charge is 2.22. The second-order valence-corrected chi connectivity index (χ2v) is 7.17. The second-order valence-electron chi connectivity index (χ2n) is 7.17. The van der Waals surface area contributed by atoms with E-state index in [2.05, 4.69) is 121 Å². The number of nitrogens with zero attached hydrogens (tertiary/aromatic N) is 1. The number of para-hydroxylation sites is 2. The van der Waals surface area contributed by atoms with Crippen LogP contribution < -0.4 is 4.90 Å². The van der Waals surface area contributed by atoms with Gasteiger partial charge in [0.1, 0.15) is 0 Å². The van der Waals surface area contributed by atoms with Crippen LogP contribution in [0, 0.1) is 6.92 Å². The van der Waals surface area contributed by atoms with Gasteiger partial charge in [0, 0.05) is 5.56 Å². The van der Waals surface area contributed by atoms with Crippen LogP contribution in [-0.4, -0.2) is 0 Å². The predicted octanol–water partition coefficient (Wildman–Crippen LogP) is 7.62. The lowest BCUT2D eigenvalue weighted by Crippen LogP contribution is -2.12. The summed E-state index contributed by atoms with van der Waals surface area (Å²) >= 11 is 0. The molecule has 0 N–H and O–H groups in total. The molecular formula is C27H21N. The fourth-order valence-corrected chi connectivity index (χ4v) is 3.94. The minimum Gasteiger partial charge on any atom is -0.309 e. The Morgan fingerprint density at radius 2 is 1.18 bits per heavy atom. The van der Waals surface area contributed by atoms with Crippen LogP contribution in [0.25, 0.3) is 23.3 Å². The van der Waals surface area contributed by atoms with E-state index in [-0.39, 0.29) is 0 Å². The van der Waals surface area contributed by atoms with Gasteiger partial charge in [0.05, 0.1) is 17.1 Å². The zero-order valence-corrected chi connectivity index (χ0v) is 15.8. The number of benzene rings is 4. The zero-order valence-electron chi connectivity index (χ0n) is 15.8. The first-order valence-electron chi connectivity index (χ1n) is 9.63. The molecule has 1 aliphatic rings. The number of rotatable bonds is 2. The van der Waals surface area contributed by atoms with E-state index in [0.29, 0.717) is 0 Å². The summed E-state index contributed by atoms with van der Waals surface area (Å²) in [7, 11) is 0. The van der Waals surface area contributed by atoms with Crippen LogP contribution in [-0.2, 0) is 0 Å². The predicted molar refractivity (Wildman–Crippen MR) is 120 cm³/mol. The molecule has 28 heavy (non-hydrogen) atoms. The Kier molecular flexibility index (Phi) is 4.06. The molecule has 1 nitrogen and oxygen atoms in total. The molecule has 1 aliphatic heterocycles. The van der Waals surface area contributed by atoms with Gasteiger partial charge in [-0.15, -0.1) is 0 Å². The fraction of sp³-hybridized carbons (Fsp3) is 0.0370. The summed E-state index contributed by atoms with van der Waals surface area (Å²) in [5, 5.41) is 0. The molecule has 134 valence electrons. The van der Waals surface area contributed by atoms with Crippen molar-refractivity contribution in [3.63, 3.8) is 0 Å². The van der Waals surface area contributed by atoms with Gasteiger partial charge in [-0.2, -0.15) is 0 Å². The average molecular weight is 359 g/mol. The summed E-state index contributed by atoms with van der Waals surface area (Å²) in [6.45, 7) is 2.15. The van der Waals surface area contributed by atoms with Crippen LogP contribution in [0.15, 0.2) is 97.1 Å². The number of hydrogen-bond acceptors (Lipinski definition) is 1. The number of hydrogen-bond donors (Lipinski definition) is 0. The molecule has 0 aromatic heterocycles. The Balaban J connectivity index is 1.81. The van der Waals surface area contributed by atoms with E-state index in [1.54, 1.807) is 0 Å². The van der Waals surface area contributed by atoms with E-state index in [4.69, 9.17) is 0 Å². The third kappa shape index (κ3) is 2.82. The highest BCUT2D eigenvalue weighted by Crippen LogP contribution is 2.45. The Hall–Kier alpha value is -3.58. The summed E-state index contributed by atoms with van der Waals surface area (Å²) in [4.78, 5) is 2.40. The summed E-state index contributed by atoms with van der Waals surface area (Å²) in [6, 6.07) is 34.6. The topological polar surface area (TPSA) is 3.24 Å². The van der Waals surface area contributed by atoms with Crippen molar-refractivity contribution in [3.8, 4) is 11.1 Å². The molecule has 0 amide bonds. The molecule has 4 aromatic rings. The molecule has 0 radical (unpaired) electrons. The van der Waals surface area contributed by atoms with Crippen molar-refractivity contribution >= 4 is 29.2 Å². The molecule has 1 heteroatoms. The number of anilines is 3. The molecule has 0 unspecified atom stereocenters. The smallest absolute Gasteiger partial charge is 0.0540 e. The Morgan fingerprint density at radius 3 is 2.04 bits per heavy atom. The fourth-order valence-electron chi connectivity index (χ4n) is 3.94. The van der Waals surface area contributed by atoms with Gasteiger partial charge < -0.3 is 4.90 Å². The highest BCUT2D eigenvalue weighted by atomic mass is 15.1. The molecule has 0 atom stereocenters. The van der Waals surface area contributed by atoms with Crippen molar-refractivity contribution in [3.05, 3.63) is 114 Å². The van der Waals surface area contributed by atoms with Crippen LogP contribution in [0.2, 0.25) is 0 Å². The van der Waals surface area contributed by atoms with Crippen molar-refractivity contribution in [1.82, 2.24) is 0 Å². The van der Waals surface area contributed by atoms with Gasteiger partial charge in [-0.1, -0.05) is 90.5 Å². The lowest BCUT2D eigenvalue weighted by atomic mass is 10.0. The molecule has 0 fully saturated rings. The molecule has 0 aliphatic carbocycles.